The standard InChI is InChI=1S/C13H12N4.C2H6/c1-9-4-6-10(7-5-9)15-13-16-11-3-2-8-14-12(11)17-13;1-2/h2-8H,1H3,(H2,14,15,16,17);1-2H3. The predicted molar refractivity (Wildman–Crippen MR) is 79.7 cm³/mol. The molecule has 0 bridgehead atoms. The molecule has 0 fully saturated rings. The van der Waals surface area contributed by atoms with E-state index in [0.29, 0.717) is 5.95 Å². The van der Waals surface area contributed by atoms with Crippen LogP contribution in [0.1, 0.15) is 19.4 Å². The van der Waals surface area contributed by atoms with Crippen LogP contribution in [-0.2, 0) is 0 Å². The van der Waals surface area contributed by atoms with E-state index in [1.54, 1.807) is 6.20 Å². The van der Waals surface area contributed by atoms with E-state index in [1.165, 1.54) is 5.56 Å². The van der Waals surface area contributed by atoms with Gasteiger partial charge >= 0.3 is 0 Å². The molecule has 0 saturated heterocycles. The molecule has 0 amide bonds. The van der Waals surface area contributed by atoms with Crippen molar-refractivity contribution in [1.29, 1.82) is 0 Å². The van der Waals surface area contributed by atoms with Crippen molar-refractivity contribution in [3.8, 4) is 0 Å². The normalized spacial score (nSPS) is 9.84. The summed E-state index contributed by atoms with van der Waals surface area (Å²) in [6.07, 6.45) is 1.73. The molecule has 1 aromatic carbocycles. The number of nitrogens with zero attached hydrogens (tertiary/aromatic N) is 2. The Bertz CT molecular complexity index is 608. The van der Waals surface area contributed by atoms with Crippen molar-refractivity contribution in [3.05, 3.63) is 48.2 Å². The Morgan fingerprint density at radius 3 is 2.47 bits per heavy atom. The number of pyridine rings is 1. The highest BCUT2D eigenvalue weighted by Gasteiger charge is 2.02. The number of benzene rings is 1. The first-order valence-electron chi connectivity index (χ1n) is 6.46. The maximum Gasteiger partial charge on any atom is 0.207 e. The average Bonchev–Trinajstić information content (AvgIpc) is 2.86. The lowest BCUT2D eigenvalue weighted by atomic mass is 10.2. The fourth-order valence-electron chi connectivity index (χ4n) is 1.68. The van der Waals surface area contributed by atoms with Crippen LogP contribution in [-0.4, -0.2) is 15.0 Å². The Balaban J connectivity index is 0.000000637. The zero-order valence-electron chi connectivity index (χ0n) is 11.4. The third-order valence-electron chi connectivity index (χ3n) is 2.57. The lowest BCUT2D eigenvalue weighted by Crippen LogP contribution is -1.91. The van der Waals surface area contributed by atoms with Gasteiger partial charge in [-0.1, -0.05) is 31.5 Å². The van der Waals surface area contributed by atoms with Gasteiger partial charge in [0.1, 0.15) is 0 Å². The number of aromatic amines is 1. The molecule has 0 saturated carbocycles. The fraction of sp³-hybridized carbons (Fsp3) is 0.200. The number of anilines is 2. The topological polar surface area (TPSA) is 53.6 Å². The third kappa shape index (κ3) is 3.10. The number of aryl methyl sites for hydroxylation is 1. The molecular weight excluding hydrogens is 236 g/mol. The predicted octanol–water partition coefficient (Wildman–Crippen LogP) is 4.04. The lowest BCUT2D eigenvalue weighted by Gasteiger charge is -2.02. The van der Waals surface area contributed by atoms with Crippen LogP contribution in [0.2, 0.25) is 0 Å². The molecule has 0 radical (unpaired) electrons. The Labute approximate surface area is 112 Å². The molecule has 0 aliphatic rings. The molecule has 2 aromatic heterocycles. The number of rotatable bonds is 2. The molecule has 4 heteroatoms. The van der Waals surface area contributed by atoms with E-state index in [4.69, 9.17) is 0 Å². The van der Waals surface area contributed by atoms with Crippen molar-refractivity contribution in [1.82, 2.24) is 15.0 Å². The number of hydrogen-bond acceptors (Lipinski definition) is 3. The summed E-state index contributed by atoms with van der Waals surface area (Å²) >= 11 is 0. The van der Waals surface area contributed by atoms with Gasteiger partial charge in [0.05, 0.1) is 5.52 Å². The molecule has 3 rings (SSSR count). The molecule has 4 nitrogen and oxygen atoms in total. The van der Waals surface area contributed by atoms with E-state index in [-0.39, 0.29) is 0 Å². The van der Waals surface area contributed by atoms with Crippen molar-refractivity contribution in [2.24, 2.45) is 0 Å². The Kier molecular flexibility index (Phi) is 4.13. The highest BCUT2D eigenvalue weighted by Crippen LogP contribution is 2.16. The fourth-order valence-corrected chi connectivity index (χ4v) is 1.68. The maximum atomic E-state index is 4.35. The molecule has 2 N–H and O–H groups in total. The van der Waals surface area contributed by atoms with Gasteiger partial charge in [-0.25, -0.2) is 4.98 Å². The number of nitrogens with one attached hydrogen (secondary N) is 2. The summed E-state index contributed by atoms with van der Waals surface area (Å²) in [7, 11) is 0. The zero-order valence-corrected chi connectivity index (χ0v) is 11.4. The van der Waals surface area contributed by atoms with Crippen LogP contribution in [0, 0.1) is 6.92 Å². The number of hydrogen-bond donors (Lipinski definition) is 2. The molecule has 0 aliphatic heterocycles. The van der Waals surface area contributed by atoms with Gasteiger partial charge < -0.3 is 10.3 Å². The molecular formula is C15H18N4. The molecule has 0 spiro atoms. The maximum absolute atomic E-state index is 4.35. The first kappa shape index (κ1) is 13.1. The average molecular weight is 254 g/mol. The quantitative estimate of drug-likeness (QED) is 0.725. The first-order valence-corrected chi connectivity index (χ1v) is 6.46. The van der Waals surface area contributed by atoms with Crippen molar-refractivity contribution >= 4 is 22.8 Å². The smallest absolute Gasteiger partial charge is 0.207 e. The summed E-state index contributed by atoms with van der Waals surface area (Å²) in [5, 5.41) is 3.21. The monoisotopic (exact) mass is 254 g/mol. The van der Waals surface area contributed by atoms with Crippen LogP contribution in [0.3, 0.4) is 0 Å². The molecule has 98 valence electrons. The van der Waals surface area contributed by atoms with Gasteiger partial charge in [-0.05, 0) is 31.2 Å². The highest BCUT2D eigenvalue weighted by atomic mass is 15.1. The number of imidazole rings is 1. The molecule has 0 atom stereocenters. The summed E-state index contributed by atoms with van der Waals surface area (Å²) in [4.78, 5) is 11.7. The second-order valence-corrected chi connectivity index (χ2v) is 3.95. The summed E-state index contributed by atoms with van der Waals surface area (Å²) in [5.74, 6) is 0.711. The first-order chi connectivity index (χ1) is 9.31. The zero-order chi connectivity index (χ0) is 13.7. The largest absolute Gasteiger partial charge is 0.326 e. The summed E-state index contributed by atoms with van der Waals surface area (Å²) in [6.45, 7) is 6.06. The van der Waals surface area contributed by atoms with E-state index < -0.39 is 0 Å². The van der Waals surface area contributed by atoms with Crippen molar-refractivity contribution in [2.75, 3.05) is 5.32 Å². The highest BCUT2D eigenvalue weighted by molar-refractivity contribution is 5.74. The molecule has 3 aromatic rings. The van der Waals surface area contributed by atoms with Crippen molar-refractivity contribution in [2.45, 2.75) is 20.8 Å². The van der Waals surface area contributed by atoms with E-state index in [2.05, 4.69) is 39.3 Å². The minimum Gasteiger partial charge on any atom is -0.326 e. The van der Waals surface area contributed by atoms with Crippen LogP contribution in [0.4, 0.5) is 11.6 Å². The molecule has 2 heterocycles. The van der Waals surface area contributed by atoms with Gasteiger partial charge in [-0.15, -0.1) is 0 Å². The van der Waals surface area contributed by atoms with Crippen LogP contribution >= 0.6 is 0 Å². The second-order valence-electron chi connectivity index (χ2n) is 3.95. The van der Waals surface area contributed by atoms with E-state index in [9.17, 15) is 0 Å². The minimum atomic E-state index is 0.711. The van der Waals surface area contributed by atoms with Gasteiger partial charge in [-0.2, -0.15) is 4.98 Å². The minimum absolute atomic E-state index is 0.711. The number of H-pyrrole nitrogens is 1. The Hall–Kier alpha value is -2.36. The lowest BCUT2D eigenvalue weighted by molar-refractivity contribution is 1.28. The summed E-state index contributed by atoms with van der Waals surface area (Å²) < 4.78 is 0. The van der Waals surface area contributed by atoms with Crippen molar-refractivity contribution in [3.63, 3.8) is 0 Å². The Morgan fingerprint density at radius 2 is 1.79 bits per heavy atom. The SMILES string of the molecule is CC.Cc1ccc(Nc2nc3ncccc3[nH]2)cc1. The third-order valence-corrected chi connectivity index (χ3v) is 2.57. The van der Waals surface area contributed by atoms with E-state index >= 15 is 0 Å². The second kappa shape index (κ2) is 6.00. The summed E-state index contributed by atoms with van der Waals surface area (Å²) in [6, 6.07) is 12.0. The van der Waals surface area contributed by atoms with E-state index in [1.807, 2.05) is 38.1 Å². The Morgan fingerprint density at radius 1 is 1.05 bits per heavy atom. The molecule has 0 aliphatic carbocycles. The van der Waals surface area contributed by atoms with Crippen LogP contribution in [0.15, 0.2) is 42.6 Å². The van der Waals surface area contributed by atoms with Gasteiger partial charge in [0.25, 0.3) is 0 Å². The van der Waals surface area contributed by atoms with Crippen molar-refractivity contribution < 1.29 is 0 Å². The van der Waals surface area contributed by atoms with Gasteiger partial charge in [0.2, 0.25) is 5.95 Å². The molecule has 19 heavy (non-hydrogen) atoms. The van der Waals surface area contributed by atoms with Crippen LogP contribution in [0.25, 0.3) is 11.2 Å². The van der Waals surface area contributed by atoms with Crippen LogP contribution < -0.4 is 5.32 Å². The van der Waals surface area contributed by atoms with Gasteiger partial charge in [-0.3, -0.25) is 0 Å². The molecule has 0 unspecified atom stereocenters. The van der Waals surface area contributed by atoms with Gasteiger partial charge in [0.15, 0.2) is 5.65 Å². The van der Waals surface area contributed by atoms with Crippen LogP contribution in [0.5, 0.6) is 0 Å². The van der Waals surface area contributed by atoms with Gasteiger partial charge in [0, 0.05) is 11.9 Å². The van der Waals surface area contributed by atoms with E-state index in [0.717, 1.165) is 16.9 Å². The summed E-state index contributed by atoms with van der Waals surface area (Å²) in [5.41, 5.74) is 3.90. The number of fused-ring (bicyclic) bond motifs is 1. The number of aromatic nitrogens is 3.